The molecule has 0 saturated heterocycles. The first-order valence-electron chi connectivity index (χ1n) is 7.39. The summed E-state index contributed by atoms with van der Waals surface area (Å²) in [4.78, 5) is 18.2. The lowest BCUT2D eigenvalue weighted by Gasteiger charge is -2.07. The Bertz CT molecular complexity index is 607. The van der Waals surface area contributed by atoms with Gasteiger partial charge in [0.15, 0.2) is 0 Å². The predicted octanol–water partition coefficient (Wildman–Crippen LogP) is 2.15. The molecule has 0 amide bonds. The maximum absolute atomic E-state index is 9.10. The van der Waals surface area contributed by atoms with Gasteiger partial charge in [-0.15, -0.1) is 0 Å². The molecular formula is C18H21NO6. The third-order valence-corrected chi connectivity index (χ3v) is 3.16. The number of carbonyl (C=O) groups is 2. The standard InChI is InChI=1S/C16H19NO2.C2H2O4/c1-18-15-7-3-13(4-8-15)11-17-12-14-5-9-16(19-2)10-6-14;3-1(4)2(5)6/h3-10,17H,11-12H2,1-2H3;(H,3,4)(H,5,6). The smallest absolute Gasteiger partial charge is 0.414 e. The van der Waals surface area contributed by atoms with Crippen LogP contribution in [0.15, 0.2) is 48.5 Å². The number of hydrogen-bond donors (Lipinski definition) is 3. The Labute approximate surface area is 145 Å². The minimum atomic E-state index is -1.82. The van der Waals surface area contributed by atoms with Crippen LogP contribution in [-0.2, 0) is 22.7 Å². The molecule has 0 fully saturated rings. The summed E-state index contributed by atoms with van der Waals surface area (Å²) in [7, 11) is 3.36. The van der Waals surface area contributed by atoms with Crippen molar-refractivity contribution in [2.75, 3.05) is 14.2 Å². The Morgan fingerprint density at radius 1 is 0.760 bits per heavy atom. The van der Waals surface area contributed by atoms with Gasteiger partial charge in [0.1, 0.15) is 11.5 Å². The van der Waals surface area contributed by atoms with Gasteiger partial charge in [-0.25, -0.2) is 9.59 Å². The fourth-order valence-electron chi connectivity index (χ4n) is 1.84. The van der Waals surface area contributed by atoms with Gasteiger partial charge in [0, 0.05) is 13.1 Å². The lowest BCUT2D eigenvalue weighted by molar-refractivity contribution is -0.159. The molecule has 0 aliphatic carbocycles. The van der Waals surface area contributed by atoms with E-state index in [-0.39, 0.29) is 0 Å². The van der Waals surface area contributed by atoms with Crippen molar-refractivity contribution in [2.45, 2.75) is 13.1 Å². The molecule has 0 spiro atoms. The summed E-state index contributed by atoms with van der Waals surface area (Å²) >= 11 is 0. The molecule has 0 atom stereocenters. The Hall–Kier alpha value is -3.06. The van der Waals surface area contributed by atoms with E-state index in [2.05, 4.69) is 29.6 Å². The normalized spacial score (nSPS) is 9.52. The topological polar surface area (TPSA) is 105 Å². The molecule has 0 bridgehead atoms. The number of methoxy groups -OCH3 is 2. The van der Waals surface area contributed by atoms with Gasteiger partial charge in [-0.2, -0.15) is 0 Å². The highest BCUT2D eigenvalue weighted by Crippen LogP contribution is 2.12. The van der Waals surface area contributed by atoms with E-state index < -0.39 is 11.9 Å². The molecule has 0 aliphatic rings. The van der Waals surface area contributed by atoms with E-state index in [1.165, 1.54) is 11.1 Å². The van der Waals surface area contributed by atoms with Crippen LogP contribution < -0.4 is 14.8 Å². The van der Waals surface area contributed by atoms with Gasteiger partial charge in [-0.3, -0.25) is 0 Å². The van der Waals surface area contributed by atoms with Crippen LogP contribution in [0.2, 0.25) is 0 Å². The van der Waals surface area contributed by atoms with Crippen molar-refractivity contribution in [3.63, 3.8) is 0 Å². The minimum absolute atomic E-state index is 0.843. The van der Waals surface area contributed by atoms with Crippen LogP contribution in [-0.4, -0.2) is 36.4 Å². The number of ether oxygens (including phenoxy) is 2. The van der Waals surface area contributed by atoms with Gasteiger partial charge in [-0.1, -0.05) is 24.3 Å². The number of hydrogen-bond acceptors (Lipinski definition) is 5. The number of rotatable bonds is 6. The summed E-state index contributed by atoms with van der Waals surface area (Å²) in [5.74, 6) is -1.87. The first-order valence-corrected chi connectivity index (χ1v) is 7.39. The number of carboxylic acid groups (broad SMARTS) is 2. The zero-order valence-corrected chi connectivity index (χ0v) is 14.1. The molecule has 7 nitrogen and oxygen atoms in total. The maximum Gasteiger partial charge on any atom is 0.414 e. The average molecular weight is 347 g/mol. The molecule has 0 unspecified atom stereocenters. The molecule has 3 N–H and O–H groups in total. The highest BCUT2D eigenvalue weighted by molar-refractivity contribution is 6.27. The van der Waals surface area contributed by atoms with Crippen LogP contribution in [0.1, 0.15) is 11.1 Å². The number of nitrogens with one attached hydrogen (secondary N) is 1. The molecule has 0 radical (unpaired) electrons. The molecule has 2 aromatic rings. The molecule has 134 valence electrons. The molecule has 0 aliphatic heterocycles. The summed E-state index contributed by atoms with van der Waals surface area (Å²) in [6, 6.07) is 16.2. The van der Waals surface area contributed by atoms with Gasteiger partial charge in [0.25, 0.3) is 0 Å². The first-order chi connectivity index (χ1) is 12.0. The molecule has 0 heterocycles. The SMILES string of the molecule is COc1ccc(CNCc2ccc(OC)cc2)cc1.O=C(O)C(=O)O. The van der Waals surface area contributed by atoms with Crippen molar-refractivity contribution >= 4 is 11.9 Å². The largest absolute Gasteiger partial charge is 0.497 e. The third kappa shape index (κ3) is 7.85. The highest BCUT2D eigenvalue weighted by atomic mass is 16.5. The van der Waals surface area contributed by atoms with Crippen molar-refractivity contribution in [2.24, 2.45) is 0 Å². The van der Waals surface area contributed by atoms with E-state index in [1.807, 2.05) is 24.3 Å². The zero-order valence-electron chi connectivity index (χ0n) is 14.1. The van der Waals surface area contributed by atoms with Crippen molar-refractivity contribution in [1.29, 1.82) is 0 Å². The Morgan fingerprint density at radius 2 is 1.08 bits per heavy atom. The van der Waals surface area contributed by atoms with Crippen LogP contribution in [0.4, 0.5) is 0 Å². The van der Waals surface area contributed by atoms with E-state index in [0.29, 0.717) is 0 Å². The van der Waals surface area contributed by atoms with Crippen molar-refractivity contribution < 1.29 is 29.3 Å². The summed E-state index contributed by atoms with van der Waals surface area (Å²) in [6.45, 7) is 1.69. The summed E-state index contributed by atoms with van der Waals surface area (Å²) in [6.07, 6.45) is 0. The van der Waals surface area contributed by atoms with E-state index in [9.17, 15) is 0 Å². The zero-order chi connectivity index (χ0) is 18.7. The molecule has 0 aromatic heterocycles. The van der Waals surface area contributed by atoms with Crippen molar-refractivity contribution in [1.82, 2.24) is 5.32 Å². The first kappa shape index (κ1) is 20.0. The fourth-order valence-corrected chi connectivity index (χ4v) is 1.84. The second-order valence-corrected chi connectivity index (χ2v) is 4.91. The highest BCUT2D eigenvalue weighted by Gasteiger charge is 2.04. The van der Waals surface area contributed by atoms with Crippen molar-refractivity contribution in [3.8, 4) is 11.5 Å². The second-order valence-electron chi connectivity index (χ2n) is 4.91. The second kappa shape index (κ2) is 10.7. The van der Waals surface area contributed by atoms with Gasteiger partial charge in [-0.05, 0) is 35.4 Å². The monoisotopic (exact) mass is 347 g/mol. The van der Waals surface area contributed by atoms with Crippen LogP contribution >= 0.6 is 0 Å². The predicted molar refractivity (Wildman–Crippen MR) is 91.8 cm³/mol. The lowest BCUT2D eigenvalue weighted by Crippen LogP contribution is -2.12. The molecule has 7 heteroatoms. The number of aliphatic carboxylic acids is 2. The van der Waals surface area contributed by atoms with E-state index >= 15 is 0 Å². The maximum atomic E-state index is 9.10. The van der Waals surface area contributed by atoms with Crippen LogP contribution in [0.5, 0.6) is 11.5 Å². The summed E-state index contributed by atoms with van der Waals surface area (Å²) < 4.78 is 10.3. The minimum Gasteiger partial charge on any atom is -0.497 e. The van der Waals surface area contributed by atoms with Gasteiger partial charge < -0.3 is 25.0 Å². The lowest BCUT2D eigenvalue weighted by atomic mass is 10.2. The molecule has 2 rings (SSSR count). The van der Waals surface area contributed by atoms with Gasteiger partial charge in [0.05, 0.1) is 14.2 Å². The quantitative estimate of drug-likeness (QED) is 0.688. The van der Waals surface area contributed by atoms with Crippen LogP contribution in [0.3, 0.4) is 0 Å². The van der Waals surface area contributed by atoms with Gasteiger partial charge in [0.2, 0.25) is 0 Å². The summed E-state index contributed by atoms with van der Waals surface area (Å²) in [5.41, 5.74) is 2.49. The Morgan fingerprint density at radius 3 is 1.32 bits per heavy atom. The fraction of sp³-hybridized carbons (Fsp3) is 0.222. The summed E-state index contributed by atoms with van der Waals surface area (Å²) in [5, 5.41) is 18.2. The van der Waals surface area contributed by atoms with Crippen molar-refractivity contribution in [3.05, 3.63) is 59.7 Å². The Balaban J connectivity index is 0.000000450. The van der Waals surface area contributed by atoms with E-state index in [4.69, 9.17) is 29.3 Å². The number of benzene rings is 2. The van der Waals surface area contributed by atoms with Gasteiger partial charge >= 0.3 is 11.9 Å². The van der Waals surface area contributed by atoms with E-state index in [0.717, 1.165) is 24.6 Å². The molecule has 0 saturated carbocycles. The Kier molecular flexibility index (Phi) is 8.53. The third-order valence-electron chi connectivity index (χ3n) is 3.16. The molecule has 25 heavy (non-hydrogen) atoms. The number of carboxylic acids is 2. The van der Waals surface area contributed by atoms with Crippen LogP contribution in [0.25, 0.3) is 0 Å². The van der Waals surface area contributed by atoms with Crippen LogP contribution in [0, 0.1) is 0 Å². The molecular weight excluding hydrogens is 326 g/mol. The molecule has 2 aromatic carbocycles. The average Bonchev–Trinajstić information content (AvgIpc) is 2.63. The van der Waals surface area contributed by atoms with E-state index in [1.54, 1.807) is 14.2 Å².